The number of hydrogen-bond acceptors (Lipinski definition) is 2. The minimum Gasteiger partial charge on any atom is -0.478 e. The van der Waals surface area contributed by atoms with E-state index in [0.717, 1.165) is 18.9 Å². The van der Waals surface area contributed by atoms with E-state index in [1.54, 1.807) is 0 Å². The number of halogens is 1. The van der Waals surface area contributed by atoms with Crippen molar-refractivity contribution in [2.24, 2.45) is 5.92 Å². The van der Waals surface area contributed by atoms with Gasteiger partial charge in [-0.3, -0.25) is 0 Å². The number of carboxylic acid groups (broad SMARTS) is 1. The van der Waals surface area contributed by atoms with Gasteiger partial charge in [-0.25, -0.2) is 14.0 Å². The minimum atomic E-state index is -1.21. The quantitative estimate of drug-likeness (QED) is 0.797. The van der Waals surface area contributed by atoms with Crippen LogP contribution in [0.5, 0.6) is 0 Å². The molecule has 0 aromatic heterocycles. The first-order chi connectivity index (χ1) is 9.97. The van der Waals surface area contributed by atoms with Crippen LogP contribution in [0.2, 0.25) is 0 Å². The second-order valence-corrected chi connectivity index (χ2v) is 5.43. The average Bonchev–Trinajstić information content (AvgIpc) is 2.94. The zero-order chi connectivity index (χ0) is 15.4. The fourth-order valence-electron chi connectivity index (χ4n) is 2.69. The Morgan fingerprint density at radius 1 is 1.33 bits per heavy atom. The first kappa shape index (κ1) is 15.3. The van der Waals surface area contributed by atoms with Crippen molar-refractivity contribution >= 4 is 17.7 Å². The third-order valence-corrected chi connectivity index (χ3v) is 3.93. The van der Waals surface area contributed by atoms with Crippen molar-refractivity contribution in [3.05, 3.63) is 29.6 Å². The number of aromatic carboxylic acids is 1. The van der Waals surface area contributed by atoms with Gasteiger partial charge in [-0.15, -0.1) is 0 Å². The number of hydrogen-bond donors (Lipinski definition) is 3. The Balaban J connectivity index is 1.94. The van der Waals surface area contributed by atoms with Gasteiger partial charge in [-0.1, -0.05) is 12.8 Å². The van der Waals surface area contributed by atoms with Crippen LogP contribution < -0.4 is 10.6 Å². The molecule has 0 bridgehead atoms. The lowest BCUT2D eigenvalue weighted by Crippen LogP contribution is -2.40. The number of rotatable bonds is 4. The Labute approximate surface area is 122 Å². The van der Waals surface area contributed by atoms with Crippen molar-refractivity contribution in [3.8, 4) is 0 Å². The molecule has 0 saturated heterocycles. The van der Waals surface area contributed by atoms with Crippen LogP contribution in [-0.4, -0.2) is 23.1 Å². The molecular weight excluding hydrogens is 275 g/mol. The molecule has 114 valence electrons. The molecule has 2 rings (SSSR count). The number of carboxylic acids is 1. The van der Waals surface area contributed by atoms with Crippen LogP contribution in [0, 0.1) is 11.7 Å². The SMILES string of the molecule is CC(NC(=O)Nc1ccc(C(=O)O)cc1F)C1CCCC1. The summed E-state index contributed by atoms with van der Waals surface area (Å²) in [6.45, 7) is 1.94. The highest BCUT2D eigenvalue weighted by molar-refractivity contribution is 5.91. The van der Waals surface area contributed by atoms with E-state index >= 15 is 0 Å². The summed E-state index contributed by atoms with van der Waals surface area (Å²) in [5, 5.41) is 14.0. The predicted octanol–water partition coefficient (Wildman–Crippen LogP) is 3.22. The molecule has 1 aromatic rings. The van der Waals surface area contributed by atoms with Crippen molar-refractivity contribution in [1.29, 1.82) is 0 Å². The Morgan fingerprint density at radius 2 is 2.00 bits per heavy atom. The molecule has 1 aromatic carbocycles. The summed E-state index contributed by atoms with van der Waals surface area (Å²) in [5.74, 6) is -1.51. The van der Waals surface area contributed by atoms with Crippen molar-refractivity contribution in [1.82, 2.24) is 5.32 Å². The van der Waals surface area contributed by atoms with Crippen LogP contribution in [-0.2, 0) is 0 Å². The summed E-state index contributed by atoms with van der Waals surface area (Å²) in [6, 6.07) is 2.95. The van der Waals surface area contributed by atoms with Gasteiger partial charge in [-0.2, -0.15) is 0 Å². The molecule has 0 radical (unpaired) electrons. The molecule has 2 amide bonds. The average molecular weight is 294 g/mol. The summed E-state index contributed by atoms with van der Waals surface area (Å²) >= 11 is 0. The fourth-order valence-corrected chi connectivity index (χ4v) is 2.69. The van der Waals surface area contributed by atoms with Gasteiger partial charge in [0.15, 0.2) is 0 Å². The second kappa shape index (κ2) is 6.56. The smallest absolute Gasteiger partial charge is 0.335 e. The molecule has 1 aliphatic carbocycles. The van der Waals surface area contributed by atoms with Crippen molar-refractivity contribution in [2.45, 2.75) is 38.6 Å². The zero-order valence-corrected chi connectivity index (χ0v) is 11.9. The summed E-state index contributed by atoms with van der Waals surface area (Å²) in [4.78, 5) is 22.6. The highest BCUT2D eigenvalue weighted by Crippen LogP contribution is 2.27. The van der Waals surface area contributed by atoms with Gasteiger partial charge in [0, 0.05) is 6.04 Å². The third-order valence-electron chi connectivity index (χ3n) is 3.93. The van der Waals surface area contributed by atoms with Crippen molar-refractivity contribution < 1.29 is 19.1 Å². The maximum atomic E-state index is 13.7. The Morgan fingerprint density at radius 3 is 2.57 bits per heavy atom. The summed E-state index contributed by atoms with van der Waals surface area (Å²) in [5.41, 5.74) is -0.186. The summed E-state index contributed by atoms with van der Waals surface area (Å²) < 4.78 is 13.7. The molecule has 0 aliphatic heterocycles. The molecule has 0 spiro atoms. The molecule has 0 heterocycles. The zero-order valence-electron chi connectivity index (χ0n) is 11.9. The van der Waals surface area contributed by atoms with Gasteiger partial charge in [-0.05, 0) is 43.9 Å². The molecular formula is C15H19FN2O3. The van der Waals surface area contributed by atoms with Crippen LogP contribution in [0.1, 0.15) is 43.0 Å². The van der Waals surface area contributed by atoms with Gasteiger partial charge >= 0.3 is 12.0 Å². The lowest BCUT2D eigenvalue weighted by molar-refractivity contribution is 0.0696. The monoisotopic (exact) mass is 294 g/mol. The van der Waals surface area contributed by atoms with E-state index in [-0.39, 0.29) is 17.3 Å². The molecule has 21 heavy (non-hydrogen) atoms. The highest BCUT2D eigenvalue weighted by Gasteiger charge is 2.23. The van der Waals surface area contributed by atoms with E-state index in [0.29, 0.717) is 5.92 Å². The first-order valence-electron chi connectivity index (χ1n) is 7.07. The van der Waals surface area contributed by atoms with Crippen LogP contribution in [0.15, 0.2) is 18.2 Å². The van der Waals surface area contributed by atoms with Crippen molar-refractivity contribution in [2.75, 3.05) is 5.32 Å². The van der Waals surface area contributed by atoms with Gasteiger partial charge in [0.05, 0.1) is 11.3 Å². The molecule has 3 N–H and O–H groups in total. The predicted molar refractivity (Wildman–Crippen MR) is 76.9 cm³/mol. The second-order valence-electron chi connectivity index (χ2n) is 5.43. The standard InChI is InChI=1S/C15H19FN2O3/c1-9(10-4-2-3-5-10)17-15(21)18-13-7-6-11(14(19)20)8-12(13)16/h6-10H,2-5H2,1H3,(H,19,20)(H2,17,18,21). The van der Waals surface area contributed by atoms with Gasteiger partial charge in [0.1, 0.15) is 5.82 Å². The van der Waals surface area contributed by atoms with Crippen molar-refractivity contribution in [3.63, 3.8) is 0 Å². The maximum absolute atomic E-state index is 13.7. The lowest BCUT2D eigenvalue weighted by atomic mass is 10.0. The van der Waals surface area contributed by atoms with E-state index in [1.165, 1.54) is 25.0 Å². The number of urea groups is 1. The molecule has 1 aliphatic rings. The highest BCUT2D eigenvalue weighted by atomic mass is 19.1. The maximum Gasteiger partial charge on any atom is 0.335 e. The molecule has 1 unspecified atom stereocenters. The Bertz CT molecular complexity index is 542. The summed E-state index contributed by atoms with van der Waals surface area (Å²) in [6.07, 6.45) is 4.57. The lowest BCUT2D eigenvalue weighted by Gasteiger charge is -2.20. The van der Waals surface area contributed by atoms with Gasteiger partial charge in [0.25, 0.3) is 0 Å². The van der Waals surface area contributed by atoms with Crippen LogP contribution in [0.4, 0.5) is 14.9 Å². The minimum absolute atomic E-state index is 0.0314. The van der Waals surface area contributed by atoms with E-state index in [4.69, 9.17) is 5.11 Å². The Hall–Kier alpha value is -2.11. The van der Waals surface area contributed by atoms with E-state index in [9.17, 15) is 14.0 Å². The van der Waals surface area contributed by atoms with Crippen LogP contribution >= 0.6 is 0 Å². The number of amides is 2. The Kier molecular flexibility index (Phi) is 4.77. The van der Waals surface area contributed by atoms with E-state index < -0.39 is 17.8 Å². The van der Waals surface area contributed by atoms with Gasteiger partial charge < -0.3 is 15.7 Å². The van der Waals surface area contributed by atoms with E-state index in [2.05, 4.69) is 10.6 Å². The molecule has 1 fully saturated rings. The molecule has 5 nitrogen and oxygen atoms in total. The molecule has 1 saturated carbocycles. The summed E-state index contributed by atoms with van der Waals surface area (Å²) in [7, 11) is 0. The number of carbonyl (C=O) groups excluding carboxylic acids is 1. The number of carbonyl (C=O) groups is 2. The topological polar surface area (TPSA) is 78.4 Å². The largest absolute Gasteiger partial charge is 0.478 e. The molecule has 6 heteroatoms. The fraction of sp³-hybridized carbons (Fsp3) is 0.467. The van der Waals surface area contributed by atoms with Crippen LogP contribution in [0.25, 0.3) is 0 Å². The normalized spacial score (nSPS) is 16.5. The number of nitrogens with one attached hydrogen (secondary N) is 2. The number of anilines is 1. The van der Waals surface area contributed by atoms with Gasteiger partial charge in [0.2, 0.25) is 0 Å². The number of benzene rings is 1. The van der Waals surface area contributed by atoms with Crippen LogP contribution in [0.3, 0.4) is 0 Å². The van der Waals surface area contributed by atoms with E-state index in [1.807, 2.05) is 6.92 Å². The third kappa shape index (κ3) is 3.93. The molecule has 1 atom stereocenters. The first-order valence-corrected chi connectivity index (χ1v) is 7.07.